The van der Waals surface area contributed by atoms with Crippen molar-refractivity contribution in [2.45, 2.75) is 94.3 Å². The standard InChI is InChI=1S/C23H35NO6S/c1-22(2,3)30-21(29)24-18(12-11-16(25)13-17(26)14-19(27)28)23(4,5)31-20(24)15-9-7-6-8-10-15/h6-10,16-18,20,25-26H,11-14H2,1-5H3,(H,27,28)/t16-,17+,18+,20?/m1/s1. The lowest BCUT2D eigenvalue weighted by molar-refractivity contribution is -0.139. The highest BCUT2D eigenvalue weighted by Crippen LogP contribution is 2.53. The third-order valence-corrected chi connectivity index (χ3v) is 6.83. The number of thioether (sulfide) groups is 1. The first-order valence-corrected chi connectivity index (χ1v) is 11.5. The first-order chi connectivity index (χ1) is 14.3. The molecule has 0 spiro atoms. The summed E-state index contributed by atoms with van der Waals surface area (Å²) in [4.78, 5) is 25.7. The molecule has 1 heterocycles. The van der Waals surface area contributed by atoms with Crippen molar-refractivity contribution < 1.29 is 29.6 Å². The fourth-order valence-electron chi connectivity index (χ4n) is 3.86. The molecule has 2 rings (SSSR count). The number of nitrogens with zero attached hydrogens (tertiary/aromatic N) is 1. The lowest BCUT2D eigenvalue weighted by Crippen LogP contribution is -2.46. The second kappa shape index (κ2) is 10.2. The van der Waals surface area contributed by atoms with Crippen LogP contribution in [-0.2, 0) is 9.53 Å². The maximum absolute atomic E-state index is 13.2. The molecule has 0 radical (unpaired) electrons. The molecule has 31 heavy (non-hydrogen) atoms. The van der Waals surface area contributed by atoms with Gasteiger partial charge in [0.25, 0.3) is 0 Å². The summed E-state index contributed by atoms with van der Waals surface area (Å²) in [6.45, 7) is 9.65. The molecule has 1 aliphatic rings. The van der Waals surface area contributed by atoms with E-state index in [-0.39, 0.29) is 22.6 Å². The Morgan fingerprint density at radius 1 is 1.16 bits per heavy atom. The van der Waals surface area contributed by atoms with Crippen LogP contribution in [-0.4, -0.2) is 60.9 Å². The first kappa shape index (κ1) is 25.5. The summed E-state index contributed by atoms with van der Waals surface area (Å²) < 4.78 is 5.42. The van der Waals surface area contributed by atoms with Gasteiger partial charge in [0.1, 0.15) is 11.0 Å². The van der Waals surface area contributed by atoms with Gasteiger partial charge in [0.2, 0.25) is 0 Å². The third-order valence-electron chi connectivity index (χ3n) is 5.22. The topological polar surface area (TPSA) is 107 Å². The van der Waals surface area contributed by atoms with Crippen LogP contribution in [0.2, 0.25) is 0 Å². The van der Waals surface area contributed by atoms with Crippen LogP contribution in [0.5, 0.6) is 0 Å². The van der Waals surface area contributed by atoms with Crippen molar-refractivity contribution in [3.05, 3.63) is 35.9 Å². The van der Waals surface area contributed by atoms with E-state index in [9.17, 15) is 19.8 Å². The highest BCUT2D eigenvalue weighted by atomic mass is 32.2. The molecule has 1 amide bonds. The van der Waals surface area contributed by atoms with Crippen molar-refractivity contribution in [1.29, 1.82) is 0 Å². The normalized spacial score (nSPS) is 22.7. The Bertz CT molecular complexity index is 748. The van der Waals surface area contributed by atoms with Crippen molar-refractivity contribution in [3.8, 4) is 0 Å². The quantitative estimate of drug-likeness (QED) is 0.542. The molecule has 0 bridgehead atoms. The molecule has 7 nitrogen and oxygen atoms in total. The Hall–Kier alpha value is -1.77. The Labute approximate surface area is 188 Å². The van der Waals surface area contributed by atoms with Crippen LogP contribution in [0.25, 0.3) is 0 Å². The van der Waals surface area contributed by atoms with Gasteiger partial charge in [-0.15, -0.1) is 11.8 Å². The fraction of sp³-hybridized carbons (Fsp3) is 0.652. The van der Waals surface area contributed by atoms with Crippen LogP contribution >= 0.6 is 11.8 Å². The van der Waals surface area contributed by atoms with E-state index in [2.05, 4.69) is 13.8 Å². The summed E-state index contributed by atoms with van der Waals surface area (Å²) in [6.07, 6.45) is -1.92. The summed E-state index contributed by atoms with van der Waals surface area (Å²) in [6, 6.07) is 9.59. The number of amides is 1. The Kier molecular flexibility index (Phi) is 8.41. The minimum atomic E-state index is -1.10. The van der Waals surface area contributed by atoms with E-state index in [4.69, 9.17) is 9.84 Å². The molecule has 174 valence electrons. The minimum absolute atomic E-state index is 0.0128. The molecule has 4 atom stereocenters. The second-order valence-corrected chi connectivity index (χ2v) is 11.3. The zero-order chi connectivity index (χ0) is 23.4. The van der Waals surface area contributed by atoms with Gasteiger partial charge >= 0.3 is 12.1 Å². The monoisotopic (exact) mass is 453 g/mol. The smallest absolute Gasteiger partial charge is 0.411 e. The number of aliphatic carboxylic acids is 1. The zero-order valence-electron chi connectivity index (χ0n) is 18.9. The summed E-state index contributed by atoms with van der Waals surface area (Å²) >= 11 is 1.68. The van der Waals surface area contributed by atoms with Gasteiger partial charge in [-0.1, -0.05) is 30.3 Å². The van der Waals surface area contributed by atoms with Gasteiger partial charge in [0.05, 0.1) is 24.7 Å². The number of benzene rings is 1. The lowest BCUT2D eigenvalue weighted by Gasteiger charge is -2.35. The van der Waals surface area contributed by atoms with Crippen LogP contribution in [0.1, 0.15) is 71.2 Å². The molecule has 0 saturated carbocycles. The highest BCUT2D eigenvalue weighted by molar-refractivity contribution is 8.01. The van der Waals surface area contributed by atoms with Crippen LogP contribution in [0.15, 0.2) is 30.3 Å². The van der Waals surface area contributed by atoms with Crippen molar-refractivity contribution in [3.63, 3.8) is 0 Å². The van der Waals surface area contributed by atoms with Gasteiger partial charge in [-0.05, 0) is 59.4 Å². The number of carboxylic acids is 1. The molecule has 3 N–H and O–H groups in total. The predicted molar refractivity (Wildman–Crippen MR) is 121 cm³/mol. The molecule has 1 fully saturated rings. The summed E-state index contributed by atoms with van der Waals surface area (Å²) in [5, 5.41) is 28.8. The number of aliphatic hydroxyl groups is 2. The van der Waals surface area contributed by atoms with Crippen LogP contribution in [0.3, 0.4) is 0 Å². The number of carboxylic acid groups (broad SMARTS) is 1. The van der Waals surface area contributed by atoms with E-state index >= 15 is 0 Å². The lowest BCUT2D eigenvalue weighted by atomic mass is 9.93. The van der Waals surface area contributed by atoms with Gasteiger partial charge in [-0.25, -0.2) is 4.79 Å². The maximum atomic E-state index is 13.2. The second-order valence-electron chi connectivity index (χ2n) is 9.61. The van der Waals surface area contributed by atoms with Crippen molar-refractivity contribution in [1.82, 2.24) is 4.90 Å². The largest absolute Gasteiger partial charge is 0.481 e. The van der Waals surface area contributed by atoms with E-state index in [1.54, 1.807) is 16.7 Å². The van der Waals surface area contributed by atoms with Crippen molar-refractivity contribution >= 4 is 23.8 Å². The number of carbonyl (C=O) groups excluding carboxylic acids is 1. The van der Waals surface area contributed by atoms with Gasteiger partial charge < -0.3 is 20.1 Å². The number of hydrogen-bond acceptors (Lipinski definition) is 6. The SMILES string of the molecule is CC(C)(C)OC(=O)N1C(c2ccccc2)SC(C)(C)[C@@H]1CC[C@@H](O)C[C@H](O)CC(=O)O. The number of ether oxygens (including phenoxy) is 1. The van der Waals surface area contributed by atoms with E-state index in [0.717, 1.165) is 5.56 Å². The minimum Gasteiger partial charge on any atom is -0.481 e. The third kappa shape index (κ3) is 7.40. The average Bonchev–Trinajstić information content (AvgIpc) is 2.89. The maximum Gasteiger partial charge on any atom is 0.411 e. The zero-order valence-corrected chi connectivity index (χ0v) is 19.8. The van der Waals surface area contributed by atoms with E-state index in [0.29, 0.717) is 12.8 Å². The van der Waals surface area contributed by atoms with Gasteiger partial charge in [0, 0.05) is 4.75 Å². The van der Waals surface area contributed by atoms with Gasteiger partial charge in [-0.2, -0.15) is 0 Å². The first-order valence-electron chi connectivity index (χ1n) is 10.6. The van der Waals surface area contributed by atoms with Gasteiger partial charge in [-0.3, -0.25) is 9.69 Å². The fourth-order valence-corrected chi connectivity index (χ4v) is 5.46. The molecule has 0 aliphatic carbocycles. The molecule has 1 aromatic rings. The summed E-state index contributed by atoms with van der Waals surface area (Å²) in [7, 11) is 0. The molecule has 1 aromatic carbocycles. The van der Waals surface area contributed by atoms with Crippen LogP contribution < -0.4 is 0 Å². The van der Waals surface area contributed by atoms with Crippen LogP contribution in [0, 0.1) is 0 Å². The van der Waals surface area contributed by atoms with Crippen LogP contribution in [0.4, 0.5) is 4.79 Å². The van der Waals surface area contributed by atoms with E-state index < -0.39 is 36.3 Å². The molecule has 1 aliphatic heterocycles. The Morgan fingerprint density at radius 3 is 2.32 bits per heavy atom. The summed E-state index contributed by atoms with van der Waals surface area (Å²) in [5.74, 6) is -1.10. The van der Waals surface area contributed by atoms with Crippen molar-refractivity contribution in [2.24, 2.45) is 0 Å². The predicted octanol–water partition coefficient (Wildman–Crippen LogP) is 4.18. The summed E-state index contributed by atoms with van der Waals surface area (Å²) in [5.41, 5.74) is 0.368. The molecule has 1 saturated heterocycles. The Balaban J connectivity index is 2.20. The molecule has 1 unspecified atom stereocenters. The number of hydrogen-bond donors (Lipinski definition) is 3. The number of rotatable bonds is 8. The average molecular weight is 454 g/mol. The molecule has 0 aromatic heterocycles. The number of aliphatic hydroxyl groups excluding tert-OH is 2. The Morgan fingerprint density at radius 2 is 1.77 bits per heavy atom. The van der Waals surface area contributed by atoms with E-state index in [1.807, 2.05) is 51.1 Å². The van der Waals surface area contributed by atoms with Gasteiger partial charge in [0.15, 0.2) is 0 Å². The van der Waals surface area contributed by atoms with Crippen molar-refractivity contribution in [2.75, 3.05) is 0 Å². The highest BCUT2D eigenvalue weighted by Gasteiger charge is 2.50. The molecular formula is C23H35NO6S. The number of carbonyl (C=O) groups is 2. The molecule has 8 heteroatoms. The molecular weight excluding hydrogens is 418 g/mol. The van der Waals surface area contributed by atoms with E-state index in [1.165, 1.54) is 0 Å².